The first-order chi connectivity index (χ1) is 8.90. The Morgan fingerprint density at radius 1 is 1.32 bits per heavy atom. The molecule has 3 N–H and O–H groups in total. The van der Waals surface area contributed by atoms with E-state index < -0.39 is 23.3 Å². The summed E-state index contributed by atoms with van der Waals surface area (Å²) in [7, 11) is 0. The van der Waals surface area contributed by atoms with Gasteiger partial charge in [0.15, 0.2) is 0 Å². The number of carbonyl (C=O) groups excluding carboxylic acids is 2. The van der Waals surface area contributed by atoms with Gasteiger partial charge in [0, 0.05) is 25.6 Å². The lowest BCUT2D eigenvalue weighted by atomic mass is 10.2. The van der Waals surface area contributed by atoms with Crippen LogP contribution in [0.5, 0.6) is 0 Å². The van der Waals surface area contributed by atoms with E-state index in [2.05, 4.69) is 10.6 Å². The lowest BCUT2D eigenvalue weighted by Crippen LogP contribution is -2.25. The van der Waals surface area contributed by atoms with Crippen LogP contribution in [0.25, 0.3) is 0 Å². The van der Waals surface area contributed by atoms with Crippen LogP contribution in [0.3, 0.4) is 0 Å². The van der Waals surface area contributed by atoms with Crippen LogP contribution in [0.4, 0.5) is 10.1 Å². The number of hydrogen-bond acceptors (Lipinski definition) is 3. The third-order valence-electron chi connectivity index (χ3n) is 2.21. The molecule has 6 nitrogen and oxygen atoms in total. The summed E-state index contributed by atoms with van der Waals surface area (Å²) in [5.41, 5.74) is -0.299. The molecule has 102 valence electrons. The summed E-state index contributed by atoms with van der Waals surface area (Å²) in [5, 5.41) is 13.5. The molecule has 1 aromatic carbocycles. The van der Waals surface area contributed by atoms with E-state index >= 15 is 0 Å². The maximum Gasteiger partial charge on any atom is 0.338 e. The van der Waals surface area contributed by atoms with Crippen molar-refractivity contribution in [3.05, 3.63) is 29.6 Å². The molecule has 0 aliphatic carbocycles. The maximum absolute atomic E-state index is 13.3. The SMILES string of the molecule is CC(=O)NCCC(=O)Nc1ccc(C(=O)O)c(F)c1. The average Bonchev–Trinajstić information content (AvgIpc) is 2.27. The summed E-state index contributed by atoms with van der Waals surface area (Å²) in [6.45, 7) is 1.51. The molecule has 0 radical (unpaired) electrons. The zero-order valence-electron chi connectivity index (χ0n) is 10.2. The van der Waals surface area contributed by atoms with Gasteiger partial charge in [-0.1, -0.05) is 0 Å². The first kappa shape index (κ1) is 14.6. The monoisotopic (exact) mass is 268 g/mol. The summed E-state index contributed by atoms with van der Waals surface area (Å²) in [6, 6.07) is 3.30. The van der Waals surface area contributed by atoms with Crippen molar-refractivity contribution in [2.75, 3.05) is 11.9 Å². The predicted octanol–water partition coefficient (Wildman–Crippen LogP) is 0.989. The van der Waals surface area contributed by atoms with Crippen molar-refractivity contribution in [3.63, 3.8) is 0 Å². The molecule has 7 heteroatoms. The van der Waals surface area contributed by atoms with E-state index in [-0.39, 0.29) is 24.6 Å². The van der Waals surface area contributed by atoms with Gasteiger partial charge in [-0.15, -0.1) is 0 Å². The zero-order chi connectivity index (χ0) is 14.4. The standard InChI is InChI=1S/C12H13FN2O4/c1-7(16)14-5-4-11(17)15-8-2-3-9(12(18)19)10(13)6-8/h2-3,6H,4-5H2,1H3,(H,14,16)(H,15,17)(H,18,19). The summed E-state index contributed by atoms with van der Waals surface area (Å²) in [6.07, 6.45) is 0.0435. The van der Waals surface area contributed by atoms with Gasteiger partial charge in [0.25, 0.3) is 0 Å². The summed E-state index contributed by atoms with van der Waals surface area (Å²) >= 11 is 0. The Bertz CT molecular complexity index is 516. The molecule has 2 amide bonds. The van der Waals surface area contributed by atoms with Crippen molar-refractivity contribution < 1.29 is 23.9 Å². The second-order valence-electron chi connectivity index (χ2n) is 3.78. The average molecular weight is 268 g/mol. The van der Waals surface area contributed by atoms with Crippen LogP contribution in [0.15, 0.2) is 18.2 Å². The number of rotatable bonds is 5. The topological polar surface area (TPSA) is 95.5 Å². The Morgan fingerprint density at radius 3 is 2.53 bits per heavy atom. The molecule has 0 saturated carbocycles. The molecule has 0 atom stereocenters. The minimum atomic E-state index is -1.37. The van der Waals surface area contributed by atoms with E-state index in [0.29, 0.717) is 0 Å². The Balaban J connectivity index is 2.58. The molecule has 0 fully saturated rings. The number of amides is 2. The van der Waals surface area contributed by atoms with Gasteiger partial charge < -0.3 is 15.7 Å². The Labute approximate surface area is 108 Å². The first-order valence-electron chi connectivity index (χ1n) is 5.47. The number of hydrogen-bond donors (Lipinski definition) is 3. The lowest BCUT2D eigenvalue weighted by Gasteiger charge is -2.06. The second-order valence-corrected chi connectivity index (χ2v) is 3.78. The molecule has 0 spiro atoms. The second kappa shape index (κ2) is 6.48. The third kappa shape index (κ3) is 4.74. The van der Waals surface area contributed by atoms with Crippen LogP contribution in [0.2, 0.25) is 0 Å². The summed E-state index contributed by atoms with van der Waals surface area (Å²) < 4.78 is 13.3. The van der Waals surface area contributed by atoms with Crippen LogP contribution in [-0.2, 0) is 9.59 Å². The quantitative estimate of drug-likeness (QED) is 0.742. The highest BCUT2D eigenvalue weighted by atomic mass is 19.1. The van der Waals surface area contributed by atoms with Gasteiger partial charge in [-0.3, -0.25) is 9.59 Å². The molecule has 0 bridgehead atoms. The van der Waals surface area contributed by atoms with Gasteiger partial charge >= 0.3 is 5.97 Å². The molecule has 0 unspecified atom stereocenters. The molecule has 1 rings (SSSR count). The number of benzene rings is 1. The third-order valence-corrected chi connectivity index (χ3v) is 2.21. The highest BCUT2D eigenvalue weighted by molar-refractivity contribution is 5.92. The van der Waals surface area contributed by atoms with Crippen LogP contribution in [0, 0.1) is 5.82 Å². The fourth-order valence-electron chi connectivity index (χ4n) is 1.34. The number of aromatic carboxylic acids is 1. The van der Waals surface area contributed by atoms with Gasteiger partial charge in [-0.25, -0.2) is 9.18 Å². The van der Waals surface area contributed by atoms with Crippen LogP contribution in [0.1, 0.15) is 23.7 Å². The van der Waals surface area contributed by atoms with Gasteiger partial charge in [0.1, 0.15) is 5.82 Å². The lowest BCUT2D eigenvalue weighted by molar-refractivity contribution is -0.119. The number of nitrogens with one attached hydrogen (secondary N) is 2. The minimum Gasteiger partial charge on any atom is -0.478 e. The Morgan fingerprint density at radius 2 is 2.00 bits per heavy atom. The summed E-state index contributed by atoms with van der Waals surface area (Å²) in [4.78, 5) is 32.6. The van der Waals surface area contributed by atoms with Gasteiger partial charge in [-0.2, -0.15) is 0 Å². The van der Waals surface area contributed by atoms with Gasteiger partial charge in [0.2, 0.25) is 11.8 Å². The normalized spacial score (nSPS) is 9.79. The minimum absolute atomic E-state index is 0.0435. The van der Waals surface area contributed by atoms with Crippen LogP contribution < -0.4 is 10.6 Å². The molecule has 1 aromatic rings. The zero-order valence-corrected chi connectivity index (χ0v) is 10.2. The van der Waals surface area contributed by atoms with E-state index in [0.717, 1.165) is 12.1 Å². The van der Waals surface area contributed by atoms with Crippen molar-refractivity contribution in [3.8, 4) is 0 Å². The maximum atomic E-state index is 13.3. The predicted molar refractivity (Wildman–Crippen MR) is 65.3 cm³/mol. The Kier molecular flexibility index (Phi) is 4.99. The number of carboxylic acid groups (broad SMARTS) is 1. The molecular weight excluding hydrogens is 255 g/mol. The number of carbonyl (C=O) groups is 3. The molecule has 0 aromatic heterocycles. The molecule has 0 heterocycles. The molecule has 0 aliphatic rings. The van der Waals surface area contributed by atoms with Crippen molar-refractivity contribution in [1.29, 1.82) is 0 Å². The van der Waals surface area contributed by atoms with Crippen molar-refractivity contribution in [1.82, 2.24) is 5.32 Å². The van der Waals surface area contributed by atoms with Crippen molar-refractivity contribution in [2.24, 2.45) is 0 Å². The van der Waals surface area contributed by atoms with Gasteiger partial charge in [-0.05, 0) is 18.2 Å². The number of halogens is 1. The fourth-order valence-corrected chi connectivity index (χ4v) is 1.34. The van der Waals surface area contributed by atoms with E-state index in [1.165, 1.54) is 13.0 Å². The molecule has 0 aliphatic heterocycles. The smallest absolute Gasteiger partial charge is 0.338 e. The molecule has 19 heavy (non-hydrogen) atoms. The van der Waals surface area contributed by atoms with Crippen LogP contribution >= 0.6 is 0 Å². The van der Waals surface area contributed by atoms with Crippen molar-refractivity contribution in [2.45, 2.75) is 13.3 Å². The Hall–Kier alpha value is -2.44. The first-order valence-corrected chi connectivity index (χ1v) is 5.47. The largest absolute Gasteiger partial charge is 0.478 e. The number of carboxylic acids is 1. The fraction of sp³-hybridized carbons (Fsp3) is 0.250. The highest BCUT2D eigenvalue weighted by Crippen LogP contribution is 2.14. The van der Waals surface area contributed by atoms with E-state index in [9.17, 15) is 18.8 Å². The summed E-state index contributed by atoms with van der Waals surface area (Å²) in [5.74, 6) is -2.95. The van der Waals surface area contributed by atoms with Gasteiger partial charge in [0.05, 0.1) is 5.56 Å². The van der Waals surface area contributed by atoms with E-state index in [1.807, 2.05) is 0 Å². The molecule has 0 saturated heterocycles. The van der Waals surface area contributed by atoms with E-state index in [1.54, 1.807) is 0 Å². The van der Waals surface area contributed by atoms with E-state index in [4.69, 9.17) is 5.11 Å². The highest BCUT2D eigenvalue weighted by Gasteiger charge is 2.11. The number of anilines is 1. The van der Waals surface area contributed by atoms with Crippen LogP contribution in [-0.4, -0.2) is 29.4 Å². The van der Waals surface area contributed by atoms with Crippen molar-refractivity contribution >= 4 is 23.5 Å². The molecular formula is C12H13FN2O4.